The minimum absolute atomic E-state index is 0.123. The summed E-state index contributed by atoms with van der Waals surface area (Å²) >= 11 is 0. The molecule has 1 aliphatic heterocycles. The van der Waals surface area contributed by atoms with Gasteiger partial charge in [0.05, 0.1) is 7.11 Å². The van der Waals surface area contributed by atoms with Gasteiger partial charge in [-0.3, -0.25) is 9.59 Å². The van der Waals surface area contributed by atoms with Crippen LogP contribution >= 0.6 is 0 Å². The van der Waals surface area contributed by atoms with E-state index in [1.807, 2.05) is 38.1 Å². The lowest BCUT2D eigenvalue weighted by Gasteiger charge is -2.36. The predicted molar refractivity (Wildman–Crippen MR) is 104 cm³/mol. The van der Waals surface area contributed by atoms with Gasteiger partial charge in [0.25, 0.3) is 11.5 Å². The molecule has 1 aromatic heterocycles. The van der Waals surface area contributed by atoms with Crippen LogP contribution in [-0.2, 0) is 6.54 Å². The zero-order chi connectivity index (χ0) is 19.4. The highest BCUT2D eigenvalue weighted by molar-refractivity contribution is 5.92. The van der Waals surface area contributed by atoms with Gasteiger partial charge in [-0.1, -0.05) is 13.8 Å². The standard InChI is InChI=1S/C20H26N4O3/c1-15(2)14-24-19(25)9-8-18(21-24)20(26)23-12-10-22(11-13-23)16-4-6-17(27-3)7-5-16/h4-9,15H,10-14H2,1-3H3. The van der Waals surface area contributed by atoms with Gasteiger partial charge in [-0.2, -0.15) is 5.10 Å². The van der Waals surface area contributed by atoms with Crippen molar-refractivity contribution in [2.45, 2.75) is 20.4 Å². The summed E-state index contributed by atoms with van der Waals surface area (Å²) in [7, 11) is 1.65. The van der Waals surface area contributed by atoms with Crippen molar-refractivity contribution in [2.24, 2.45) is 5.92 Å². The second-order valence-corrected chi connectivity index (χ2v) is 7.11. The van der Waals surface area contributed by atoms with Crippen molar-refractivity contribution in [1.82, 2.24) is 14.7 Å². The zero-order valence-corrected chi connectivity index (χ0v) is 16.1. The van der Waals surface area contributed by atoms with Crippen molar-refractivity contribution in [1.29, 1.82) is 0 Å². The third-order valence-corrected chi connectivity index (χ3v) is 4.63. The number of hydrogen-bond acceptors (Lipinski definition) is 5. The van der Waals surface area contributed by atoms with Crippen LogP contribution in [0.2, 0.25) is 0 Å². The fourth-order valence-corrected chi connectivity index (χ4v) is 3.16. The summed E-state index contributed by atoms with van der Waals surface area (Å²) in [6, 6.07) is 10.9. The van der Waals surface area contributed by atoms with Crippen LogP contribution in [-0.4, -0.2) is 53.9 Å². The van der Waals surface area contributed by atoms with Gasteiger partial charge in [-0.05, 0) is 36.2 Å². The lowest BCUT2D eigenvalue weighted by atomic mass is 10.2. The van der Waals surface area contributed by atoms with E-state index in [2.05, 4.69) is 10.00 Å². The summed E-state index contributed by atoms with van der Waals surface area (Å²) in [5, 5.41) is 4.27. The third kappa shape index (κ3) is 4.48. The van der Waals surface area contributed by atoms with Gasteiger partial charge in [-0.25, -0.2) is 4.68 Å². The summed E-state index contributed by atoms with van der Waals surface area (Å²) in [5.74, 6) is 0.991. The van der Waals surface area contributed by atoms with E-state index >= 15 is 0 Å². The molecule has 27 heavy (non-hydrogen) atoms. The van der Waals surface area contributed by atoms with Crippen LogP contribution in [0.15, 0.2) is 41.2 Å². The van der Waals surface area contributed by atoms with E-state index in [1.54, 1.807) is 12.0 Å². The number of ether oxygens (including phenoxy) is 1. The van der Waals surface area contributed by atoms with Crippen LogP contribution < -0.4 is 15.2 Å². The summed E-state index contributed by atoms with van der Waals surface area (Å²) in [6.45, 7) is 7.28. The zero-order valence-electron chi connectivity index (χ0n) is 16.1. The van der Waals surface area contributed by atoms with Crippen molar-refractivity contribution in [3.05, 3.63) is 52.4 Å². The quantitative estimate of drug-likeness (QED) is 0.804. The van der Waals surface area contributed by atoms with Crippen molar-refractivity contribution in [2.75, 3.05) is 38.2 Å². The summed E-state index contributed by atoms with van der Waals surface area (Å²) in [5.41, 5.74) is 1.27. The maximum atomic E-state index is 12.8. The SMILES string of the molecule is COc1ccc(N2CCN(C(=O)c3ccc(=O)n(CC(C)C)n3)CC2)cc1. The van der Waals surface area contributed by atoms with Crippen LogP contribution in [0.3, 0.4) is 0 Å². The van der Waals surface area contributed by atoms with Crippen LogP contribution in [0.1, 0.15) is 24.3 Å². The number of nitrogens with zero attached hydrogens (tertiary/aromatic N) is 4. The molecule has 0 radical (unpaired) electrons. The Hall–Kier alpha value is -2.83. The molecule has 0 atom stereocenters. The monoisotopic (exact) mass is 370 g/mol. The molecule has 1 aromatic carbocycles. The molecule has 1 aliphatic rings. The minimum Gasteiger partial charge on any atom is -0.497 e. The molecule has 0 saturated carbocycles. The topological polar surface area (TPSA) is 67.7 Å². The Morgan fingerprint density at radius 2 is 1.74 bits per heavy atom. The molecule has 1 saturated heterocycles. The number of piperazine rings is 1. The second kappa shape index (κ2) is 8.24. The van der Waals surface area contributed by atoms with Crippen LogP contribution in [0.5, 0.6) is 5.75 Å². The molecular weight excluding hydrogens is 344 g/mol. The first-order valence-corrected chi connectivity index (χ1v) is 9.24. The van der Waals surface area contributed by atoms with Gasteiger partial charge in [0.1, 0.15) is 11.4 Å². The highest BCUT2D eigenvalue weighted by atomic mass is 16.5. The van der Waals surface area contributed by atoms with E-state index in [4.69, 9.17) is 4.74 Å². The van der Waals surface area contributed by atoms with E-state index in [-0.39, 0.29) is 17.4 Å². The molecule has 0 aliphatic carbocycles. The fourth-order valence-electron chi connectivity index (χ4n) is 3.16. The van der Waals surface area contributed by atoms with Gasteiger partial charge < -0.3 is 14.5 Å². The molecule has 1 amide bonds. The minimum atomic E-state index is -0.176. The Kier molecular flexibility index (Phi) is 5.78. The summed E-state index contributed by atoms with van der Waals surface area (Å²) in [6.07, 6.45) is 0. The number of carbonyl (C=O) groups is 1. The number of benzene rings is 1. The highest BCUT2D eigenvalue weighted by Gasteiger charge is 2.23. The van der Waals surface area contributed by atoms with Gasteiger partial charge in [-0.15, -0.1) is 0 Å². The van der Waals surface area contributed by atoms with Gasteiger partial charge in [0.2, 0.25) is 0 Å². The number of carbonyl (C=O) groups excluding carboxylic acids is 1. The number of hydrogen-bond donors (Lipinski definition) is 0. The predicted octanol–water partition coefficient (Wildman–Crippen LogP) is 1.87. The number of amides is 1. The number of anilines is 1. The van der Waals surface area contributed by atoms with Crippen molar-refractivity contribution in [3.63, 3.8) is 0 Å². The van der Waals surface area contributed by atoms with Crippen LogP contribution in [0.25, 0.3) is 0 Å². The van der Waals surface area contributed by atoms with E-state index in [9.17, 15) is 9.59 Å². The number of rotatable bonds is 5. The molecule has 7 nitrogen and oxygen atoms in total. The lowest BCUT2D eigenvalue weighted by Crippen LogP contribution is -2.49. The Morgan fingerprint density at radius 3 is 2.33 bits per heavy atom. The second-order valence-electron chi connectivity index (χ2n) is 7.11. The fraction of sp³-hybridized carbons (Fsp3) is 0.450. The van der Waals surface area contributed by atoms with Gasteiger partial charge in [0.15, 0.2) is 0 Å². The first-order chi connectivity index (χ1) is 13.0. The van der Waals surface area contributed by atoms with Crippen molar-refractivity contribution >= 4 is 11.6 Å². The smallest absolute Gasteiger partial charge is 0.274 e. The normalized spacial score (nSPS) is 14.5. The van der Waals surface area contributed by atoms with Gasteiger partial charge in [0, 0.05) is 44.5 Å². The van der Waals surface area contributed by atoms with E-state index in [0.29, 0.717) is 25.3 Å². The van der Waals surface area contributed by atoms with Crippen LogP contribution in [0.4, 0.5) is 5.69 Å². The lowest BCUT2D eigenvalue weighted by molar-refractivity contribution is 0.0737. The molecular formula is C20H26N4O3. The highest BCUT2D eigenvalue weighted by Crippen LogP contribution is 2.20. The largest absolute Gasteiger partial charge is 0.497 e. The molecule has 0 spiro atoms. The van der Waals surface area contributed by atoms with Crippen molar-refractivity contribution < 1.29 is 9.53 Å². The third-order valence-electron chi connectivity index (χ3n) is 4.63. The molecule has 0 bridgehead atoms. The summed E-state index contributed by atoms with van der Waals surface area (Å²) < 4.78 is 6.57. The van der Waals surface area contributed by atoms with Gasteiger partial charge >= 0.3 is 0 Å². The average molecular weight is 370 g/mol. The molecule has 2 aromatic rings. The Morgan fingerprint density at radius 1 is 1.07 bits per heavy atom. The maximum Gasteiger partial charge on any atom is 0.274 e. The molecule has 3 rings (SSSR count). The average Bonchev–Trinajstić information content (AvgIpc) is 2.69. The molecule has 144 valence electrons. The molecule has 1 fully saturated rings. The Bertz CT molecular complexity index is 837. The number of aromatic nitrogens is 2. The Labute approximate surface area is 159 Å². The summed E-state index contributed by atoms with van der Waals surface area (Å²) in [4.78, 5) is 28.7. The first kappa shape index (κ1) is 18.9. The molecule has 2 heterocycles. The van der Waals surface area contributed by atoms with Crippen molar-refractivity contribution in [3.8, 4) is 5.75 Å². The number of methoxy groups -OCH3 is 1. The van der Waals surface area contributed by atoms with E-state index in [1.165, 1.54) is 16.8 Å². The molecule has 0 unspecified atom stereocenters. The Balaban J connectivity index is 1.65. The first-order valence-electron chi connectivity index (χ1n) is 9.24. The van der Waals surface area contributed by atoms with E-state index in [0.717, 1.165) is 24.5 Å². The van der Waals surface area contributed by atoms with Crippen LogP contribution in [0, 0.1) is 5.92 Å². The van der Waals surface area contributed by atoms with E-state index < -0.39 is 0 Å². The molecule has 7 heteroatoms. The molecule has 0 N–H and O–H groups in total. The maximum absolute atomic E-state index is 12.8.